The van der Waals surface area contributed by atoms with Gasteiger partial charge in [0.2, 0.25) is 5.16 Å². The molecule has 0 unspecified atom stereocenters. The Bertz CT molecular complexity index is 1120. The van der Waals surface area contributed by atoms with Crippen LogP contribution in [0, 0.1) is 0 Å². The van der Waals surface area contributed by atoms with Gasteiger partial charge in [-0.1, -0.05) is 59.2 Å². The molecule has 2 aromatic carbocycles. The number of rotatable bonds is 8. The Hall–Kier alpha value is -2.06. The lowest BCUT2D eigenvalue weighted by atomic mass is 10.2. The van der Waals surface area contributed by atoms with Crippen LogP contribution in [-0.2, 0) is 20.1 Å². The summed E-state index contributed by atoms with van der Waals surface area (Å²) in [6.45, 7) is 2.41. The summed E-state index contributed by atoms with van der Waals surface area (Å²) >= 11 is 13.9. The zero-order chi connectivity index (χ0) is 20.2. The van der Waals surface area contributed by atoms with Gasteiger partial charge < -0.3 is 9.88 Å². The van der Waals surface area contributed by atoms with Gasteiger partial charge in [-0.15, -0.1) is 5.10 Å². The summed E-state index contributed by atoms with van der Waals surface area (Å²) in [5.74, 6) is 0.899. The Kier molecular flexibility index (Phi) is 6.40. The average molecular weight is 447 g/mol. The number of tetrazole rings is 1. The van der Waals surface area contributed by atoms with Crippen LogP contribution in [0.25, 0.3) is 10.9 Å². The van der Waals surface area contributed by atoms with Gasteiger partial charge in [0.25, 0.3) is 0 Å². The smallest absolute Gasteiger partial charge is 0.209 e. The van der Waals surface area contributed by atoms with Crippen LogP contribution in [0.2, 0.25) is 10.0 Å². The quantitative estimate of drug-likeness (QED) is 0.321. The summed E-state index contributed by atoms with van der Waals surface area (Å²) in [5.41, 5.74) is 3.59. The fourth-order valence-electron chi connectivity index (χ4n) is 3.21. The standard InChI is InChI=1S/C20H20Cl2N6S/c1-27-20(24-25-26-27)29-9-8-23-11-15-13-28(19-5-3-2-4-16(15)19)12-14-6-7-17(21)18(22)10-14/h2-7,10,13,23H,8-9,11-12H2,1H3. The molecule has 0 atom stereocenters. The summed E-state index contributed by atoms with van der Waals surface area (Å²) in [7, 11) is 1.85. The van der Waals surface area contributed by atoms with E-state index in [0.29, 0.717) is 10.0 Å². The zero-order valence-electron chi connectivity index (χ0n) is 15.8. The van der Waals surface area contributed by atoms with Crippen LogP contribution in [-0.4, -0.2) is 37.1 Å². The number of para-hydroxylation sites is 1. The largest absolute Gasteiger partial charge is 0.343 e. The Morgan fingerprint density at radius 3 is 2.76 bits per heavy atom. The highest BCUT2D eigenvalue weighted by Crippen LogP contribution is 2.26. The van der Waals surface area contributed by atoms with Crippen LogP contribution in [0.1, 0.15) is 11.1 Å². The molecule has 0 aliphatic heterocycles. The maximum absolute atomic E-state index is 6.18. The molecule has 0 spiro atoms. The number of nitrogens with zero attached hydrogens (tertiary/aromatic N) is 5. The molecule has 0 aliphatic rings. The fourth-order valence-corrected chi connectivity index (χ4v) is 4.28. The molecule has 1 N–H and O–H groups in total. The molecule has 0 saturated heterocycles. The number of hydrogen-bond acceptors (Lipinski definition) is 5. The summed E-state index contributed by atoms with van der Waals surface area (Å²) in [4.78, 5) is 0. The van der Waals surface area contributed by atoms with Crippen molar-refractivity contribution in [3.8, 4) is 0 Å². The van der Waals surface area contributed by atoms with Crippen molar-refractivity contribution in [2.75, 3.05) is 12.3 Å². The van der Waals surface area contributed by atoms with E-state index in [1.54, 1.807) is 16.4 Å². The summed E-state index contributed by atoms with van der Waals surface area (Å²) < 4.78 is 3.94. The van der Waals surface area contributed by atoms with E-state index in [9.17, 15) is 0 Å². The molecule has 0 fully saturated rings. The Balaban J connectivity index is 1.43. The van der Waals surface area contributed by atoms with Gasteiger partial charge in [-0.3, -0.25) is 0 Å². The third kappa shape index (κ3) is 4.75. The SMILES string of the molecule is Cn1nnnc1SCCNCc1cn(Cc2ccc(Cl)c(Cl)c2)c2ccccc12. The molecule has 9 heteroatoms. The summed E-state index contributed by atoms with van der Waals surface area (Å²) in [6.07, 6.45) is 2.21. The van der Waals surface area contributed by atoms with Gasteiger partial charge in [0.05, 0.1) is 10.0 Å². The molecular formula is C20H20Cl2N6S. The number of thioether (sulfide) groups is 1. The van der Waals surface area contributed by atoms with Gasteiger partial charge in [-0.05, 0) is 39.8 Å². The topological polar surface area (TPSA) is 60.6 Å². The van der Waals surface area contributed by atoms with Gasteiger partial charge in [0, 0.05) is 49.5 Å². The maximum Gasteiger partial charge on any atom is 0.209 e. The minimum absolute atomic E-state index is 0.577. The van der Waals surface area contributed by atoms with Gasteiger partial charge in [-0.2, -0.15) is 0 Å². The Labute approximate surface area is 183 Å². The van der Waals surface area contributed by atoms with E-state index in [2.05, 4.69) is 55.9 Å². The van der Waals surface area contributed by atoms with Crippen molar-refractivity contribution in [1.29, 1.82) is 0 Å². The highest BCUT2D eigenvalue weighted by Gasteiger charge is 2.09. The second-order valence-corrected chi connectivity index (χ2v) is 8.53. The number of aromatic nitrogens is 5. The lowest BCUT2D eigenvalue weighted by Gasteiger charge is -2.07. The lowest BCUT2D eigenvalue weighted by Crippen LogP contribution is -2.16. The second kappa shape index (κ2) is 9.17. The minimum Gasteiger partial charge on any atom is -0.343 e. The molecule has 4 rings (SSSR count). The van der Waals surface area contributed by atoms with Gasteiger partial charge >= 0.3 is 0 Å². The van der Waals surface area contributed by atoms with Crippen LogP contribution in [0.5, 0.6) is 0 Å². The van der Waals surface area contributed by atoms with E-state index >= 15 is 0 Å². The van der Waals surface area contributed by atoms with Gasteiger partial charge in [0.15, 0.2) is 0 Å². The van der Waals surface area contributed by atoms with Crippen molar-refractivity contribution < 1.29 is 0 Å². The third-order valence-electron chi connectivity index (χ3n) is 4.61. The van der Waals surface area contributed by atoms with E-state index in [4.69, 9.17) is 23.2 Å². The highest BCUT2D eigenvalue weighted by atomic mass is 35.5. The van der Waals surface area contributed by atoms with Crippen molar-refractivity contribution in [2.24, 2.45) is 7.05 Å². The maximum atomic E-state index is 6.18. The predicted octanol–water partition coefficient (Wildman–Crippen LogP) is 4.40. The van der Waals surface area contributed by atoms with Crippen molar-refractivity contribution in [3.63, 3.8) is 0 Å². The molecule has 4 aromatic rings. The molecule has 2 aromatic heterocycles. The number of hydrogen-bond donors (Lipinski definition) is 1. The molecule has 150 valence electrons. The summed E-state index contributed by atoms with van der Waals surface area (Å²) in [6, 6.07) is 14.2. The third-order valence-corrected chi connectivity index (χ3v) is 6.37. The van der Waals surface area contributed by atoms with Crippen LogP contribution in [0.15, 0.2) is 53.8 Å². The molecular weight excluding hydrogens is 427 g/mol. The predicted molar refractivity (Wildman–Crippen MR) is 119 cm³/mol. The molecule has 29 heavy (non-hydrogen) atoms. The number of fused-ring (bicyclic) bond motifs is 1. The molecule has 6 nitrogen and oxygen atoms in total. The van der Waals surface area contributed by atoms with E-state index in [0.717, 1.165) is 36.1 Å². The number of aryl methyl sites for hydroxylation is 1. The van der Waals surface area contributed by atoms with Crippen molar-refractivity contribution in [2.45, 2.75) is 18.2 Å². The molecule has 0 amide bonds. The number of nitrogens with one attached hydrogen (secondary N) is 1. The van der Waals surface area contributed by atoms with Crippen LogP contribution in [0.3, 0.4) is 0 Å². The van der Waals surface area contributed by atoms with E-state index in [1.165, 1.54) is 16.5 Å². The first-order valence-corrected chi connectivity index (χ1v) is 10.9. The number of benzene rings is 2. The molecule has 0 radical (unpaired) electrons. The second-order valence-electron chi connectivity index (χ2n) is 6.66. The first-order valence-electron chi connectivity index (χ1n) is 9.18. The minimum atomic E-state index is 0.577. The van der Waals surface area contributed by atoms with Crippen molar-refractivity contribution in [3.05, 3.63) is 69.8 Å². The number of halogens is 2. The summed E-state index contributed by atoms with van der Waals surface area (Å²) in [5, 5.41) is 18.2. The van der Waals surface area contributed by atoms with E-state index < -0.39 is 0 Å². The van der Waals surface area contributed by atoms with Gasteiger partial charge in [0.1, 0.15) is 0 Å². The van der Waals surface area contributed by atoms with Crippen LogP contribution < -0.4 is 5.32 Å². The van der Waals surface area contributed by atoms with E-state index in [-0.39, 0.29) is 0 Å². The first kappa shape index (κ1) is 20.2. The molecule has 2 heterocycles. The Morgan fingerprint density at radius 2 is 1.97 bits per heavy atom. The van der Waals surface area contributed by atoms with E-state index in [1.807, 2.05) is 25.2 Å². The molecule has 0 aliphatic carbocycles. The highest BCUT2D eigenvalue weighted by molar-refractivity contribution is 7.99. The molecule has 0 saturated carbocycles. The average Bonchev–Trinajstić information content (AvgIpc) is 3.28. The normalized spacial score (nSPS) is 11.4. The van der Waals surface area contributed by atoms with Crippen molar-refractivity contribution in [1.82, 2.24) is 30.1 Å². The Morgan fingerprint density at radius 1 is 1.10 bits per heavy atom. The van der Waals surface area contributed by atoms with Gasteiger partial charge in [-0.25, -0.2) is 4.68 Å². The molecule has 0 bridgehead atoms. The van der Waals surface area contributed by atoms with Crippen LogP contribution in [0.4, 0.5) is 0 Å². The van der Waals surface area contributed by atoms with Crippen molar-refractivity contribution >= 4 is 45.9 Å². The van der Waals surface area contributed by atoms with Crippen LogP contribution >= 0.6 is 35.0 Å². The monoisotopic (exact) mass is 446 g/mol. The lowest BCUT2D eigenvalue weighted by molar-refractivity contribution is 0.663. The fraction of sp³-hybridized carbons (Fsp3) is 0.250. The first-order chi connectivity index (χ1) is 14.1. The zero-order valence-corrected chi connectivity index (χ0v) is 18.2.